The molecule has 2 aromatic heterocycles. The number of H-pyrrole nitrogens is 1. The molecule has 1 atom stereocenters. The van der Waals surface area contributed by atoms with Crippen LogP contribution in [0.5, 0.6) is 0 Å². The molecule has 1 aromatic carbocycles. The zero-order chi connectivity index (χ0) is 13.5. The molecule has 0 radical (unpaired) electrons. The fourth-order valence-corrected chi connectivity index (χ4v) is 5.07. The van der Waals surface area contributed by atoms with Gasteiger partial charge in [0.1, 0.15) is 0 Å². The zero-order valence-corrected chi connectivity index (χ0v) is 13.8. The highest BCUT2D eigenvalue weighted by atomic mass is 127. The molecule has 1 aliphatic rings. The summed E-state index contributed by atoms with van der Waals surface area (Å²) in [6, 6.07) is 9.05. The molecule has 0 saturated carbocycles. The van der Waals surface area contributed by atoms with Gasteiger partial charge in [0, 0.05) is 16.0 Å². The molecule has 0 bridgehead atoms. The van der Waals surface area contributed by atoms with Crippen molar-refractivity contribution in [3.8, 4) is 0 Å². The van der Waals surface area contributed by atoms with Gasteiger partial charge >= 0.3 is 0 Å². The maximum atomic E-state index is 4.14. The van der Waals surface area contributed by atoms with E-state index in [0.717, 1.165) is 5.52 Å². The van der Waals surface area contributed by atoms with Crippen molar-refractivity contribution in [2.75, 3.05) is 5.32 Å². The molecule has 0 saturated heterocycles. The summed E-state index contributed by atoms with van der Waals surface area (Å²) >= 11 is 4.37. The number of aromatic amines is 1. The van der Waals surface area contributed by atoms with Crippen LogP contribution in [0, 0.1) is 2.88 Å². The zero-order valence-electron chi connectivity index (χ0n) is 10.8. The van der Waals surface area contributed by atoms with Crippen LogP contribution >= 0.6 is 33.9 Å². The lowest BCUT2D eigenvalue weighted by atomic mass is 9.93. The Bertz CT molecular complexity index is 761. The van der Waals surface area contributed by atoms with Gasteiger partial charge in [-0.2, -0.15) is 5.10 Å². The minimum absolute atomic E-state index is 0.430. The molecule has 1 aliphatic carbocycles. The number of nitrogens with one attached hydrogen (secondary N) is 2. The quantitative estimate of drug-likeness (QED) is 0.617. The van der Waals surface area contributed by atoms with Gasteiger partial charge in [-0.15, -0.1) is 11.3 Å². The summed E-state index contributed by atoms with van der Waals surface area (Å²) in [4.78, 5) is 1.55. The van der Waals surface area contributed by atoms with Crippen molar-refractivity contribution < 1.29 is 0 Å². The highest BCUT2D eigenvalue weighted by Crippen LogP contribution is 2.38. The number of thiophene rings is 1. The van der Waals surface area contributed by atoms with Gasteiger partial charge in [0.05, 0.1) is 20.6 Å². The molecule has 3 aromatic rings. The Labute approximate surface area is 134 Å². The third-order valence-electron chi connectivity index (χ3n) is 3.90. The third kappa shape index (κ3) is 2.13. The first-order valence-corrected chi connectivity index (χ1v) is 8.67. The Morgan fingerprint density at radius 3 is 3.30 bits per heavy atom. The summed E-state index contributed by atoms with van der Waals surface area (Å²) in [7, 11) is 0. The predicted molar refractivity (Wildman–Crippen MR) is 92.4 cm³/mol. The van der Waals surface area contributed by atoms with Crippen LogP contribution in [0.4, 0.5) is 5.69 Å². The Hall–Kier alpha value is -1.08. The highest BCUT2D eigenvalue weighted by molar-refractivity contribution is 14.1. The molecule has 4 rings (SSSR count). The topological polar surface area (TPSA) is 40.7 Å². The molecule has 3 nitrogen and oxygen atoms in total. The predicted octanol–water partition coefficient (Wildman–Crippen LogP) is 4.72. The van der Waals surface area contributed by atoms with Crippen molar-refractivity contribution in [3.05, 3.63) is 43.8 Å². The minimum atomic E-state index is 0.430. The number of benzene rings is 1. The molecule has 0 fully saturated rings. The number of aryl methyl sites for hydroxylation is 1. The summed E-state index contributed by atoms with van der Waals surface area (Å²) in [6.07, 6.45) is 5.60. The Balaban J connectivity index is 1.71. The Morgan fingerprint density at radius 2 is 2.35 bits per heavy atom. The second-order valence-electron chi connectivity index (χ2n) is 5.15. The number of anilines is 1. The average Bonchev–Trinajstić information content (AvgIpc) is 3.05. The van der Waals surface area contributed by atoms with Gasteiger partial charge in [0.2, 0.25) is 0 Å². The van der Waals surface area contributed by atoms with Crippen LogP contribution in [0.25, 0.3) is 10.9 Å². The maximum absolute atomic E-state index is 4.14. The van der Waals surface area contributed by atoms with Crippen LogP contribution in [0.1, 0.15) is 29.3 Å². The molecule has 102 valence electrons. The standard InChI is InChI=1S/C15H14IN3S/c16-15-7-9-11(4-2-6-14(9)20-15)18-12-3-1-5-13-10(12)8-17-19-13/h1,3,5,7-8,11,18H,2,4,6H2,(H,17,19). The van der Waals surface area contributed by atoms with Crippen LogP contribution in [0.2, 0.25) is 0 Å². The Kier molecular flexibility index (Phi) is 3.18. The number of hydrogen-bond acceptors (Lipinski definition) is 3. The number of aromatic nitrogens is 2. The third-order valence-corrected chi connectivity index (χ3v) is 5.87. The molecular weight excluding hydrogens is 381 g/mol. The fourth-order valence-electron chi connectivity index (χ4n) is 2.95. The summed E-state index contributed by atoms with van der Waals surface area (Å²) in [5.74, 6) is 0. The smallest absolute Gasteiger partial charge is 0.0671 e. The van der Waals surface area contributed by atoms with Gasteiger partial charge < -0.3 is 5.32 Å². The van der Waals surface area contributed by atoms with Gasteiger partial charge in [-0.1, -0.05) is 6.07 Å². The molecule has 0 aliphatic heterocycles. The van der Waals surface area contributed by atoms with Gasteiger partial charge in [-0.05, 0) is 65.6 Å². The summed E-state index contributed by atoms with van der Waals surface area (Å²) in [5, 5.41) is 12.1. The molecule has 0 spiro atoms. The van der Waals surface area contributed by atoms with E-state index >= 15 is 0 Å². The second kappa shape index (κ2) is 5.04. The first-order chi connectivity index (χ1) is 9.81. The van der Waals surface area contributed by atoms with E-state index in [1.807, 2.05) is 17.5 Å². The summed E-state index contributed by atoms with van der Waals surface area (Å²) < 4.78 is 1.39. The van der Waals surface area contributed by atoms with E-state index in [1.54, 1.807) is 4.88 Å². The van der Waals surface area contributed by atoms with E-state index in [2.05, 4.69) is 62.4 Å². The van der Waals surface area contributed by atoms with Crippen LogP contribution in [0.15, 0.2) is 30.5 Å². The SMILES string of the molecule is Ic1cc2c(s1)CCCC2Nc1cccc2[nH]ncc12. The normalized spacial score (nSPS) is 18.1. The Morgan fingerprint density at radius 1 is 1.40 bits per heavy atom. The molecule has 2 heterocycles. The monoisotopic (exact) mass is 395 g/mol. The molecule has 0 amide bonds. The van der Waals surface area contributed by atoms with E-state index in [-0.39, 0.29) is 0 Å². The van der Waals surface area contributed by atoms with E-state index in [1.165, 1.54) is 38.8 Å². The molecule has 1 unspecified atom stereocenters. The summed E-state index contributed by atoms with van der Waals surface area (Å²) in [6.45, 7) is 0. The van der Waals surface area contributed by atoms with Crippen molar-refractivity contribution in [2.45, 2.75) is 25.3 Å². The van der Waals surface area contributed by atoms with Gasteiger partial charge in [-0.3, -0.25) is 5.10 Å². The van der Waals surface area contributed by atoms with Crippen molar-refractivity contribution in [1.29, 1.82) is 0 Å². The van der Waals surface area contributed by atoms with Crippen molar-refractivity contribution in [3.63, 3.8) is 0 Å². The van der Waals surface area contributed by atoms with Crippen LogP contribution < -0.4 is 5.32 Å². The average molecular weight is 395 g/mol. The second-order valence-corrected chi connectivity index (χ2v) is 8.19. The largest absolute Gasteiger partial charge is 0.378 e. The van der Waals surface area contributed by atoms with E-state index < -0.39 is 0 Å². The van der Waals surface area contributed by atoms with Crippen molar-refractivity contribution >= 4 is 50.5 Å². The number of fused-ring (bicyclic) bond motifs is 2. The number of nitrogens with zero attached hydrogens (tertiary/aromatic N) is 1. The molecule has 20 heavy (non-hydrogen) atoms. The lowest BCUT2D eigenvalue weighted by Crippen LogP contribution is -2.15. The van der Waals surface area contributed by atoms with Crippen LogP contribution in [-0.4, -0.2) is 10.2 Å². The van der Waals surface area contributed by atoms with Crippen molar-refractivity contribution in [2.24, 2.45) is 0 Å². The summed E-state index contributed by atoms with van der Waals surface area (Å²) in [5.41, 5.74) is 3.76. The van der Waals surface area contributed by atoms with E-state index in [0.29, 0.717) is 6.04 Å². The lowest BCUT2D eigenvalue weighted by Gasteiger charge is -2.25. The maximum Gasteiger partial charge on any atom is 0.0671 e. The molecule has 5 heteroatoms. The minimum Gasteiger partial charge on any atom is -0.378 e. The fraction of sp³-hybridized carbons (Fsp3) is 0.267. The number of rotatable bonds is 2. The lowest BCUT2D eigenvalue weighted by molar-refractivity contribution is 0.609. The van der Waals surface area contributed by atoms with E-state index in [4.69, 9.17) is 0 Å². The molecular formula is C15H14IN3S. The number of halogens is 1. The van der Waals surface area contributed by atoms with E-state index in [9.17, 15) is 0 Å². The van der Waals surface area contributed by atoms with Gasteiger partial charge in [0.25, 0.3) is 0 Å². The van der Waals surface area contributed by atoms with Crippen LogP contribution in [-0.2, 0) is 6.42 Å². The van der Waals surface area contributed by atoms with Crippen LogP contribution in [0.3, 0.4) is 0 Å². The van der Waals surface area contributed by atoms with Gasteiger partial charge in [-0.25, -0.2) is 0 Å². The van der Waals surface area contributed by atoms with Crippen molar-refractivity contribution in [1.82, 2.24) is 10.2 Å². The first kappa shape index (κ1) is 12.6. The number of hydrogen-bond donors (Lipinski definition) is 2. The highest BCUT2D eigenvalue weighted by Gasteiger charge is 2.23. The molecule has 2 N–H and O–H groups in total. The first-order valence-electron chi connectivity index (χ1n) is 6.78. The van der Waals surface area contributed by atoms with Gasteiger partial charge in [0.15, 0.2) is 0 Å².